The second-order valence-electron chi connectivity index (χ2n) is 5.69. The summed E-state index contributed by atoms with van der Waals surface area (Å²) in [5, 5.41) is 23.1. The van der Waals surface area contributed by atoms with Gasteiger partial charge in [-0.25, -0.2) is 4.79 Å². The van der Waals surface area contributed by atoms with Crippen LogP contribution in [0.5, 0.6) is 0 Å². The van der Waals surface area contributed by atoms with Crippen molar-refractivity contribution in [2.75, 3.05) is 5.32 Å². The predicted molar refractivity (Wildman–Crippen MR) is 99.7 cm³/mol. The molecule has 0 radical (unpaired) electrons. The van der Waals surface area contributed by atoms with E-state index in [0.29, 0.717) is 16.8 Å². The van der Waals surface area contributed by atoms with Gasteiger partial charge in [0.25, 0.3) is 5.69 Å². The highest BCUT2D eigenvalue weighted by Gasteiger charge is 2.17. The Balaban J connectivity index is 1.84. The Kier molecular flexibility index (Phi) is 4.94. The number of carboxylic acid groups (broad SMARTS) is 1. The second kappa shape index (κ2) is 7.49. The van der Waals surface area contributed by atoms with Crippen LogP contribution in [0.25, 0.3) is 0 Å². The maximum atomic E-state index is 12.4. The van der Waals surface area contributed by atoms with E-state index in [9.17, 15) is 19.7 Å². The van der Waals surface area contributed by atoms with Gasteiger partial charge in [0, 0.05) is 22.9 Å². The highest BCUT2D eigenvalue weighted by atomic mass is 16.6. The molecule has 0 amide bonds. The lowest BCUT2D eigenvalue weighted by molar-refractivity contribution is -0.383. The number of ketones is 1. The van der Waals surface area contributed by atoms with Gasteiger partial charge in [0.05, 0.1) is 10.5 Å². The van der Waals surface area contributed by atoms with E-state index in [0.717, 1.165) is 6.07 Å². The lowest BCUT2D eigenvalue weighted by Gasteiger charge is -2.09. The third kappa shape index (κ3) is 3.98. The van der Waals surface area contributed by atoms with Gasteiger partial charge in [-0.15, -0.1) is 0 Å². The van der Waals surface area contributed by atoms with Crippen molar-refractivity contribution < 1.29 is 19.6 Å². The van der Waals surface area contributed by atoms with Gasteiger partial charge in [0.2, 0.25) is 0 Å². The molecule has 3 aromatic rings. The van der Waals surface area contributed by atoms with Crippen LogP contribution < -0.4 is 5.32 Å². The Morgan fingerprint density at radius 1 is 0.852 bits per heavy atom. The summed E-state index contributed by atoms with van der Waals surface area (Å²) < 4.78 is 0. The van der Waals surface area contributed by atoms with E-state index in [4.69, 9.17) is 5.11 Å². The Labute approximate surface area is 154 Å². The molecule has 0 heterocycles. The normalized spacial score (nSPS) is 10.2. The number of nitrogens with zero attached hydrogens (tertiary/aromatic N) is 1. The van der Waals surface area contributed by atoms with E-state index in [1.165, 1.54) is 12.1 Å². The molecule has 0 bridgehead atoms. The number of anilines is 2. The number of aromatic carboxylic acids is 1. The van der Waals surface area contributed by atoms with Crippen LogP contribution in [0, 0.1) is 10.1 Å². The molecular formula is C20H14N2O5. The van der Waals surface area contributed by atoms with Crippen molar-refractivity contribution in [2.45, 2.75) is 0 Å². The molecule has 0 aromatic heterocycles. The van der Waals surface area contributed by atoms with Gasteiger partial charge in [-0.2, -0.15) is 0 Å². The number of nitro benzene ring substituents is 1. The molecule has 7 nitrogen and oxygen atoms in total. The average Bonchev–Trinajstić information content (AvgIpc) is 2.68. The van der Waals surface area contributed by atoms with Crippen LogP contribution in [0.2, 0.25) is 0 Å². The van der Waals surface area contributed by atoms with E-state index in [-0.39, 0.29) is 22.7 Å². The zero-order chi connectivity index (χ0) is 19.4. The lowest BCUT2D eigenvalue weighted by Crippen LogP contribution is -2.03. The van der Waals surface area contributed by atoms with Crippen molar-refractivity contribution in [2.24, 2.45) is 0 Å². The highest BCUT2D eigenvalue weighted by Crippen LogP contribution is 2.29. The van der Waals surface area contributed by atoms with Gasteiger partial charge in [-0.3, -0.25) is 14.9 Å². The first-order valence-corrected chi connectivity index (χ1v) is 7.94. The van der Waals surface area contributed by atoms with Crippen molar-refractivity contribution in [1.29, 1.82) is 0 Å². The fourth-order valence-electron chi connectivity index (χ4n) is 2.54. The van der Waals surface area contributed by atoms with Gasteiger partial charge in [-0.05, 0) is 36.4 Å². The summed E-state index contributed by atoms with van der Waals surface area (Å²) in [6.45, 7) is 0. The number of carbonyl (C=O) groups is 2. The topological polar surface area (TPSA) is 110 Å². The molecule has 0 saturated heterocycles. The summed E-state index contributed by atoms with van der Waals surface area (Å²) in [6.07, 6.45) is 0. The Hall–Kier alpha value is -4.00. The first-order chi connectivity index (χ1) is 13.0. The van der Waals surface area contributed by atoms with Crippen molar-refractivity contribution in [1.82, 2.24) is 0 Å². The summed E-state index contributed by atoms with van der Waals surface area (Å²) in [5.74, 6) is -1.37. The van der Waals surface area contributed by atoms with Gasteiger partial charge in [0.1, 0.15) is 5.69 Å². The Morgan fingerprint density at radius 3 is 2.04 bits per heavy atom. The van der Waals surface area contributed by atoms with E-state index in [2.05, 4.69) is 5.32 Å². The van der Waals surface area contributed by atoms with E-state index >= 15 is 0 Å². The average molecular weight is 362 g/mol. The highest BCUT2D eigenvalue weighted by molar-refractivity contribution is 6.09. The number of hydrogen-bond acceptors (Lipinski definition) is 5. The lowest BCUT2D eigenvalue weighted by atomic mass is 10.0. The van der Waals surface area contributed by atoms with E-state index in [1.807, 2.05) is 6.07 Å². The zero-order valence-corrected chi connectivity index (χ0v) is 14.0. The first kappa shape index (κ1) is 17.8. The van der Waals surface area contributed by atoms with Crippen molar-refractivity contribution >= 4 is 28.8 Å². The van der Waals surface area contributed by atoms with E-state index < -0.39 is 10.9 Å². The molecule has 3 aromatic carbocycles. The molecule has 2 N–H and O–H groups in total. The predicted octanol–water partition coefficient (Wildman–Crippen LogP) is 4.27. The van der Waals surface area contributed by atoms with Crippen LogP contribution in [0.15, 0.2) is 72.8 Å². The molecule has 0 fully saturated rings. The minimum Gasteiger partial charge on any atom is -0.478 e. The van der Waals surface area contributed by atoms with Gasteiger partial charge < -0.3 is 10.4 Å². The molecular weight excluding hydrogens is 348 g/mol. The van der Waals surface area contributed by atoms with Crippen LogP contribution in [-0.4, -0.2) is 21.8 Å². The van der Waals surface area contributed by atoms with Crippen LogP contribution >= 0.6 is 0 Å². The number of nitro groups is 1. The molecule has 0 unspecified atom stereocenters. The standard InChI is InChI=1S/C20H14N2O5/c23-19(13-4-2-1-3-5-13)14-6-9-16(10-7-14)21-17-11-8-15(20(24)25)12-18(17)22(26)27/h1-12,21H,(H,24,25). The maximum absolute atomic E-state index is 12.4. The molecule has 0 aliphatic rings. The largest absolute Gasteiger partial charge is 0.478 e. The smallest absolute Gasteiger partial charge is 0.335 e. The summed E-state index contributed by atoms with van der Waals surface area (Å²) in [6, 6.07) is 19.0. The Morgan fingerprint density at radius 2 is 1.44 bits per heavy atom. The first-order valence-electron chi connectivity index (χ1n) is 7.94. The quantitative estimate of drug-likeness (QED) is 0.385. The van der Waals surface area contributed by atoms with Crippen LogP contribution in [-0.2, 0) is 0 Å². The van der Waals surface area contributed by atoms with Crippen LogP contribution in [0.1, 0.15) is 26.3 Å². The van der Waals surface area contributed by atoms with E-state index in [1.54, 1.807) is 48.5 Å². The van der Waals surface area contributed by atoms with Gasteiger partial charge in [-0.1, -0.05) is 30.3 Å². The molecule has 0 aliphatic carbocycles. The number of carbonyl (C=O) groups excluding carboxylic acids is 1. The summed E-state index contributed by atoms with van der Waals surface area (Å²) in [5.41, 5.74) is 1.23. The zero-order valence-electron chi connectivity index (χ0n) is 14.0. The number of benzene rings is 3. The molecule has 3 rings (SSSR count). The number of carboxylic acids is 1. The third-order valence-electron chi connectivity index (χ3n) is 3.90. The summed E-state index contributed by atoms with van der Waals surface area (Å²) >= 11 is 0. The maximum Gasteiger partial charge on any atom is 0.335 e. The molecule has 7 heteroatoms. The minimum absolute atomic E-state index is 0.126. The van der Waals surface area contributed by atoms with Gasteiger partial charge in [0.15, 0.2) is 5.78 Å². The van der Waals surface area contributed by atoms with Crippen molar-refractivity contribution in [3.8, 4) is 0 Å². The fourth-order valence-corrected chi connectivity index (χ4v) is 2.54. The van der Waals surface area contributed by atoms with Gasteiger partial charge >= 0.3 is 5.97 Å². The number of rotatable bonds is 6. The summed E-state index contributed by atoms with van der Waals surface area (Å²) in [7, 11) is 0. The second-order valence-corrected chi connectivity index (χ2v) is 5.69. The molecule has 27 heavy (non-hydrogen) atoms. The SMILES string of the molecule is O=C(O)c1ccc(Nc2ccc(C(=O)c3ccccc3)cc2)c([N+](=O)[O-])c1. The number of hydrogen-bond donors (Lipinski definition) is 2. The molecule has 134 valence electrons. The minimum atomic E-state index is -1.24. The van der Waals surface area contributed by atoms with Crippen molar-refractivity contribution in [3.05, 3.63) is 99.6 Å². The van der Waals surface area contributed by atoms with Crippen molar-refractivity contribution in [3.63, 3.8) is 0 Å². The van der Waals surface area contributed by atoms with Crippen LogP contribution in [0.4, 0.5) is 17.1 Å². The molecule has 0 spiro atoms. The molecule has 0 aliphatic heterocycles. The molecule has 0 atom stereocenters. The third-order valence-corrected chi connectivity index (χ3v) is 3.90. The number of nitrogens with one attached hydrogen (secondary N) is 1. The monoisotopic (exact) mass is 362 g/mol. The fraction of sp³-hybridized carbons (Fsp3) is 0. The molecule has 0 saturated carbocycles. The van der Waals surface area contributed by atoms with Crippen LogP contribution in [0.3, 0.4) is 0 Å². The summed E-state index contributed by atoms with van der Waals surface area (Å²) in [4.78, 5) is 33.9. The Bertz CT molecular complexity index is 1010.